The first-order valence-corrected chi connectivity index (χ1v) is 8.36. The number of benzene rings is 1. The van der Waals surface area contributed by atoms with Crippen molar-refractivity contribution in [3.05, 3.63) is 34.9 Å². The molecule has 2 rings (SSSR count). The highest BCUT2D eigenvalue weighted by Crippen LogP contribution is 2.41. The largest absolute Gasteiger partial charge is 0.316 e. The van der Waals surface area contributed by atoms with Crippen molar-refractivity contribution < 1.29 is 0 Å². The summed E-state index contributed by atoms with van der Waals surface area (Å²) in [7, 11) is 0. The van der Waals surface area contributed by atoms with Gasteiger partial charge in [0.15, 0.2) is 0 Å². The van der Waals surface area contributed by atoms with Gasteiger partial charge in [-0.1, -0.05) is 32.0 Å². The summed E-state index contributed by atoms with van der Waals surface area (Å²) < 4.78 is 0. The van der Waals surface area contributed by atoms with Gasteiger partial charge in [0.2, 0.25) is 0 Å². The molecule has 0 aliphatic heterocycles. The van der Waals surface area contributed by atoms with Crippen LogP contribution >= 0.6 is 0 Å². The summed E-state index contributed by atoms with van der Waals surface area (Å²) in [5.41, 5.74) is 4.79. The lowest BCUT2D eigenvalue weighted by Gasteiger charge is -2.40. The molecular formula is C19H31N. The van der Waals surface area contributed by atoms with E-state index in [0.717, 1.165) is 19.0 Å². The number of aryl methyl sites for hydroxylation is 2. The zero-order valence-electron chi connectivity index (χ0n) is 13.8. The van der Waals surface area contributed by atoms with E-state index in [9.17, 15) is 0 Å². The molecule has 0 atom stereocenters. The first kappa shape index (κ1) is 15.6. The fourth-order valence-electron chi connectivity index (χ4n) is 3.46. The van der Waals surface area contributed by atoms with Crippen molar-refractivity contribution in [2.75, 3.05) is 13.1 Å². The smallest absolute Gasteiger partial charge is 0.00780 e. The molecule has 112 valence electrons. The topological polar surface area (TPSA) is 12.0 Å². The van der Waals surface area contributed by atoms with Crippen molar-refractivity contribution in [3.63, 3.8) is 0 Å². The molecule has 0 radical (unpaired) electrons. The third-order valence-corrected chi connectivity index (χ3v) is 5.24. The lowest BCUT2D eigenvalue weighted by atomic mass is 9.66. The Morgan fingerprint density at radius 1 is 1.15 bits per heavy atom. The van der Waals surface area contributed by atoms with Crippen LogP contribution in [0.15, 0.2) is 18.2 Å². The van der Waals surface area contributed by atoms with E-state index in [1.54, 1.807) is 5.56 Å². The Labute approximate surface area is 125 Å². The SMILES string of the molecule is CCCNCC1(c2ccc(C)c(C)c2)CCC(C)CC1. The van der Waals surface area contributed by atoms with Crippen LogP contribution < -0.4 is 5.32 Å². The molecule has 0 bridgehead atoms. The van der Waals surface area contributed by atoms with Crippen LogP contribution in [0.2, 0.25) is 0 Å². The number of hydrogen-bond donors (Lipinski definition) is 1. The van der Waals surface area contributed by atoms with E-state index in [1.165, 1.54) is 43.2 Å². The average Bonchev–Trinajstić information content (AvgIpc) is 2.45. The average molecular weight is 273 g/mol. The Morgan fingerprint density at radius 2 is 1.85 bits per heavy atom. The Bertz CT molecular complexity index is 427. The minimum atomic E-state index is 0.375. The van der Waals surface area contributed by atoms with E-state index in [4.69, 9.17) is 0 Å². The van der Waals surface area contributed by atoms with E-state index in [0.29, 0.717) is 5.41 Å². The predicted molar refractivity (Wildman–Crippen MR) is 88.4 cm³/mol. The fourth-order valence-corrected chi connectivity index (χ4v) is 3.46. The van der Waals surface area contributed by atoms with Gasteiger partial charge in [0.1, 0.15) is 0 Å². The Balaban J connectivity index is 2.22. The summed E-state index contributed by atoms with van der Waals surface area (Å²) in [5.74, 6) is 0.904. The highest BCUT2D eigenvalue weighted by atomic mass is 14.9. The van der Waals surface area contributed by atoms with Gasteiger partial charge in [-0.05, 0) is 75.1 Å². The normalized spacial score (nSPS) is 26.7. The number of hydrogen-bond acceptors (Lipinski definition) is 1. The van der Waals surface area contributed by atoms with Gasteiger partial charge < -0.3 is 5.32 Å². The van der Waals surface area contributed by atoms with E-state index >= 15 is 0 Å². The molecule has 0 spiro atoms. The third kappa shape index (κ3) is 3.44. The Morgan fingerprint density at radius 3 is 2.45 bits per heavy atom. The maximum atomic E-state index is 3.69. The summed E-state index contributed by atoms with van der Waals surface area (Å²) in [6.07, 6.45) is 6.65. The first-order valence-electron chi connectivity index (χ1n) is 8.36. The summed E-state index contributed by atoms with van der Waals surface area (Å²) in [5, 5.41) is 3.69. The fraction of sp³-hybridized carbons (Fsp3) is 0.684. The molecule has 0 amide bonds. The van der Waals surface area contributed by atoms with Gasteiger partial charge in [-0.25, -0.2) is 0 Å². The quantitative estimate of drug-likeness (QED) is 0.763. The second kappa shape index (κ2) is 6.76. The van der Waals surface area contributed by atoms with Crippen molar-refractivity contribution in [1.82, 2.24) is 5.32 Å². The van der Waals surface area contributed by atoms with Crippen molar-refractivity contribution in [2.45, 2.75) is 65.2 Å². The first-order chi connectivity index (χ1) is 9.57. The molecule has 1 saturated carbocycles. The van der Waals surface area contributed by atoms with E-state index < -0.39 is 0 Å². The predicted octanol–water partition coefficient (Wildman–Crippen LogP) is 4.75. The number of rotatable bonds is 5. The molecule has 1 aromatic carbocycles. The molecule has 1 aliphatic carbocycles. The third-order valence-electron chi connectivity index (χ3n) is 5.24. The van der Waals surface area contributed by atoms with Crippen LogP contribution in [0.1, 0.15) is 62.6 Å². The lowest BCUT2D eigenvalue weighted by molar-refractivity contribution is 0.234. The lowest BCUT2D eigenvalue weighted by Crippen LogP contribution is -2.41. The van der Waals surface area contributed by atoms with Crippen LogP contribution in [0, 0.1) is 19.8 Å². The summed E-state index contributed by atoms with van der Waals surface area (Å²) in [6, 6.07) is 7.13. The summed E-state index contributed by atoms with van der Waals surface area (Å²) in [6.45, 7) is 11.4. The van der Waals surface area contributed by atoms with Gasteiger partial charge in [-0.15, -0.1) is 0 Å². The highest BCUT2D eigenvalue weighted by Gasteiger charge is 2.35. The van der Waals surface area contributed by atoms with Crippen molar-refractivity contribution in [1.29, 1.82) is 0 Å². The van der Waals surface area contributed by atoms with Gasteiger partial charge in [-0.2, -0.15) is 0 Å². The van der Waals surface area contributed by atoms with Gasteiger partial charge in [0, 0.05) is 12.0 Å². The molecule has 1 fully saturated rings. The Hall–Kier alpha value is -0.820. The number of nitrogens with one attached hydrogen (secondary N) is 1. The summed E-state index contributed by atoms with van der Waals surface area (Å²) >= 11 is 0. The van der Waals surface area contributed by atoms with Gasteiger partial charge in [0.25, 0.3) is 0 Å². The summed E-state index contributed by atoms with van der Waals surface area (Å²) in [4.78, 5) is 0. The van der Waals surface area contributed by atoms with Crippen LogP contribution in [0.4, 0.5) is 0 Å². The molecule has 20 heavy (non-hydrogen) atoms. The van der Waals surface area contributed by atoms with Gasteiger partial charge in [0.05, 0.1) is 0 Å². The zero-order chi connectivity index (χ0) is 14.6. The molecule has 1 aliphatic rings. The zero-order valence-corrected chi connectivity index (χ0v) is 13.8. The maximum absolute atomic E-state index is 3.69. The molecular weight excluding hydrogens is 242 g/mol. The van der Waals surface area contributed by atoms with Crippen molar-refractivity contribution in [3.8, 4) is 0 Å². The monoisotopic (exact) mass is 273 g/mol. The highest BCUT2D eigenvalue weighted by molar-refractivity contribution is 5.35. The molecule has 1 N–H and O–H groups in total. The minimum Gasteiger partial charge on any atom is -0.316 e. The van der Waals surface area contributed by atoms with Crippen LogP contribution in [-0.4, -0.2) is 13.1 Å². The molecule has 1 aromatic rings. The van der Waals surface area contributed by atoms with Crippen LogP contribution in [-0.2, 0) is 5.41 Å². The van der Waals surface area contributed by atoms with Crippen molar-refractivity contribution >= 4 is 0 Å². The minimum absolute atomic E-state index is 0.375. The second-order valence-electron chi connectivity index (χ2n) is 6.94. The Kier molecular flexibility index (Phi) is 5.26. The van der Waals surface area contributed by atoms with Crippen LogP contribution in [0.25, 0.3) is 0 Å². The van der Waals surface area contributed by atoms with Gasteiger partial charge >= 0.3 is 0 Å². The van der Waals surface area contributed by atoms with E-state index in [1.807, 2.05) is 0 Å². The molecule has 1 heteroatoms. The van der Waals surface area contributed by atoms with E-state index in [2.05, 4.69) is 51.2 Å². The molecule has 0 aromatic heterocycles. The standard InChI is InChI=1S/C19H31N/c1-5-12-20-14-19(10-8-15(2)9-11-19)18-7-6-16(3)17(4)13-18/h6-7,13,15,20H,5,8-12,14H2,1-4H3. The maximum Gasteiger partial charge on any atom is 0.00780 e. The van der Waals surface area contributed by atoms with Crippen molar-refractivity contribution in [2.24, 2.45) is 5.92 Å². The van der Waals surface area contributed by atoms with Crippen LogP contribution in [0.3, 0.4) is 0 Å². The molecule has 1 nitrogen and oxygen atoms in total. The second-order valence-corrected chi connectivity index (χ2v) is 6.94. The molecule has 0 unspecified atom stereocenters. The van der Waals surface area contributed by atoms with Crippen LogP contribution in [0.5, 0.6) is 0 Å². The van der Waals surface area contributed by atoms with Gasteiger partial charge in [-0.3, -0.25) is 0 Å². The molecule has 0 heterocycles. The molecule has 0 saturated heterocycles. The van der Waals surface area contributed by atoms with E-state index in [-0.39, 0.29) is 0 Å².